The Labute approximate surface area is 153 Å². The van der Waals surface area contributed by atoms with Crippen molar-refractivity contribution in [3.63, 3.8) is 0 Å². The van der Waals surface area contributed by atoms with Crippen LogP contribution in [0, 0.1) is 12.7 Å². The molecule has 0 saturated carbocycles. The molecule has 0 aromatic heterocycles. The second kappa shape index (κ2) is 8.68. The smallest absolute Gasteiger partial charge is 0.341 e. The van der Waals surface area contributed by atoms with Gasteiger partial charge in [-0.05, 0) is 77.0 Å². The lowest BCUT2D eigenvalue weighted by Crippen LogP contribution is -2.10. The number of rotatable bonds is 7. The third-order valence-corrected chi connectivity index (χ3v) is 4.19. The first-order valence-electron chi connectivity index (χ1n) is 7.15. The maximum absolute atomic E-state index is 12.9. The fourth-order valence-corrected chi connectivity index (χ4v) is 2.49. The largest absolute Gasteiger partial charge is 0.489 e. The molecule has 4 nitrogen and oxygen atoms in total. The Morgan fingerprint density at radius 3 is 2.54 bits per heavy atom. The third-order valence-electron chi connectivity index (χ3n) is 3.13. The monoisotopic (exact) mass is 442 g/mol. The second-order valence-corrected chi connectivity index (χ2v) is 6.14. The molecule has 6 heteroatoms. The van der Waals surface area contributed by atoms with Crippen molar-refractivity contribution in [2.75, 3.05) is 13.2 Å². The van der Waals surface area contributed by atoms with Crippen LogP contribution in [0.3, 0.4) is 0 Å². The molecular formula is C18H16FIO4. The molecule has 2 aromatic rings. The average Bonchev–Trinajstić information content (AvgIpc) is 2.54. The van der Waals surface area contributed by atoms with Gasteiger partial charge in [-0.25, -0.2) is 9.18 Å². The molecule has 0 spiro atoms. The van der Waals surface area contributed by atoms with E-state index in [-0.39, 0.29) is 12.4 Å². The summed E-state index contributed by atoms with van der Waals surface area (Å²) in [5, 5.41) is 8.62. The molecule has 0 unspecified atom stereocenters. The van der Waals surface area contributed by atoms with Crippen molar-refractivity contribution in [1.29, 1.82) is 0 Å². The number of hydrogen-bond donors (Lipinski definition) is 1. The van der Waals surface area contributed by atoms with E-state index in [2.05, 4.69) is 22.6 Å². The molecule has 2 aromatic carbocycles. The zero-order chi connectivity index (χ0) is 17.5. The Morgan fingerprint density at radius 2 is 1.92 bits per heavy atom. The van der Waals surface area contributed by atoms with Crippen LogP contribution < -0.4 is 9.47 Å². The van der Waals surface area contributed by atoms with Crippen LogP contribution in [0.15, 0.2) is 48.5 Å². The highest BCUT2D eigenvalue weighted by atomic mass is 127. The number of halogens is 2. The molecule has 0 amide bonds. The van der Waals surface area contributed by atoms with Crippen LogP contribution in [0.2, 0.25) is 0 Å². The molecule has 2 rings (SSSR count). The minimum absolute atomic E-state index is 0.264. The molecule has 0 radical (unpaired) electrons. The minimum atomic E-state index is -1.02. The Balaban J connectivity index is 1.94. The molecule has 0 bridgehead atoms. The normalized spacial score (nSPS) is 11.2. The van der Waals surface area contributed by atoms with Crippen molar-refractivity contribution in [2.45, 2.75) is 6.92 Å². The topological polar surface area (TPSA) is 55.8 Å². The fourth-order valence-electron chi connectivity index (χ4n) is 1.95. The highest BCUT2D eigenvalue weighted by Gasteiger charge is 2.05. The molecule has 126 valence electrons. The predicted octanol–water partition coefficient (Wildman–Crippen LogP) is 4.45. The summed E-state index contributed by atoms with van der Waals surface area (Å²) in [6.07, 6.45) is 1.90. The zero-order valence-corrected chi connectivity index (χ0v) is 15.1. The van der Waals surface area contributed by atoms with Gasteiger partial charge in [0, 0.05) is 3.58 Å². The molecule has 24 heavy (non-hydrogen) atoms. The van der Waals surface area contributed by atoms with Crippen LogP contribution in [-0.4, -0.2) is 24.3 Å². The zero-order valence-electron chi connectivity index (χ0n) is 13.0. The van der Waals surface area contributed by atoms with Gasteiger partial charge in [-0.1, -0.05) is 12.1 Å². The summed E-state index contributed by atoms with van der Waals surface area (Å²) in [7, 11) is 0. The lowest BCUT2D eigenvalue weighted by molar-refractivity contribution is -0.139. The Hall–Kier alpha value is -2.09. The Morgan fingerprint density at radius 1 is 1.21 bits per heavy atom. The van der Waals surface area contributed by atoms with E-state index in [1.807, 2.05) is 13.0 Å². The number of ether oxygens (including phenoxy) is 2. The molecule has 0 saturated heterocycles. The molecule has 0 atom stereocenters. The van der Waals surface area contributed by atoms with Gasteiger partial charge in [0.1, 0.15) is 23.9 Å². The quantitative estimate of drug-likeness (QED) is 0.644. The van der Waals surface area contributed by atoms with Crippen molar-refractivity contribution in [1.82, 2.24) is 0 Å². The van der Waals surface area contributed by atoms with Crippen LogP contribution in [-0.2, 0) is 4.79 Å². The lowest BCUT2D eigenvalue weighted by atomic mass is 10.2. The van der Waals surface area contributed by atoms with Crippen LogP contribution in [0.1, 0.15) is 11.1 Å². The molecular weight excluding hydrogens is 426 g/mol. The summed E-state index contributed by atoms with van der Waals surface area (Å²) in [6, 6.07) is 11.5. The van der Waals surface area contributed by atoms with Gasteiger partial charge in [-0.3, -0.25) is 0 Å². The molecule has 0 fully saturated rings. The van der Waals surface area contributed by atoms with Crippen molar-refractivity contribution in [2.24, 2.45) is 0 Å². The van der Waals surface area contributed by atoms with E-state index in [0.29, 0.717) is 18.1 Å². The highest BCUT2D eigenvalue weighted by molar-refractivity contribution is 14.1. The maximum atomic E-state index is 12.9. The van der Waals surface area contributed by atoms with Gasteiger partial charge in [0.05, 0.1) is 0 Å². The summed E-state index contributed by atoms with van der Waals surface area (Å²) in [6.45, 7) is 1.81. The highest BCUT2D eigenvalue weighted by Crippen LogP contribution is 2.25. The van der Waals surface area contributed by atoms with Crippen LogP contribution in [0.4, 0.5) is 4.39 Å². The van der Waals surface area contributed by atoms with E-state index in [9.17, 15) is 9.18 Å². The lowest BCUT2D eigenvalue weighted by Gasteiger charge is -2.10. The van der Waals surface area contributed by atoms with E-state index < -0.39 is 5.97 Å². The van der Waals surface area contributed by atoms with Gasteiger partial charge in [0.2, 0.25) is 0 Å². The van der Waals surface area contributed by atoms with E-state index in [1.165, 1.54) is 12.1 Å². The van der Waals surface area contributed by atoms with Crippen LogP contribution in [0.5, 0.6) is 11.5 Å². The number of aryl methyl sites for hydroxylation is 1. The first-order chi connectivity index (χ1) is 11.5. The third kappa shape index (κ3) is 5.52. The van der Waals surface area contributed by atoms with Gasteiger partial charge in [0.15, 0.2) is 6.61 Å². The first-order valence-corrected chi connectivity index (χ1v) is 8.23. The Bertz CT molecular complexity index is 741. The number of carboxylic acids is 1. The van der Waals surface area contributed by atoms with Gasteiger partial charge in [-0.2, -0.15) is 0 Å². The molecule has 1 N–H and O–H groups in total. The fraction of sp³-hybridized carbons (Fsp3) is 0.167. The number of hydrogen-bond acceptors (Lipinski definition) is 3. The summed E-state index contributed by atoms with van der Waals surface area (Å²) < 4.78 is 24.7. The number of carbonyl (C=O) groups is 1. The molecule has 0 aliphatic rings. The standard InChI is InChI=1S/C18H16FIO4/c1-12-10-15(6-7-17(12)24-11-18(21)22)23-9-8-16(20)13-2-4-14(19)5-3-13/h2-8,10H,9,11H2,1H3,(H,21,22). The van der Waals surface area contributed by atoms with Crippen molar-refractivity contribution in [3.05, 3.63) is 65.5 Å². The van der Waals surface area contributed by atoms with Gasteiger partial charge < -0.3 is 14.6 Å². The first kappa shape index (κ1) is 18.3. The van der Waals surface area contributed by atoms with Gasteiger partial charge in [0.25, 0.3) is 0 Å². The SMILES string of the molecule is Cc1cc(OCC=C(I)c2ccc(F)cc2)ccc1OCC(=O)O. The van der Waals surface area contributed by atoms with E-state index in [1.54, 1.807) is 30.3 Å². The van der Waals surface area contributed by atoms with Gasteiger partial charge >= 0.3 is 5.97 Å². The second-order valence-electron chi connectivity index (χ2n) is 4.98. The Kier molecular flexibility index (Phi) is 6.60. The number of aliphatic carboxylic acids is 1. The van der Waals surface area contributed by atoms with Crippen LogP contribution in [0.25, 0.3) is 3.58 Å². The van der Waals surface area contributed by atoms with Gasteiger partial charge in [-0.15, -0.1) is 0 Å². The molecule has 0 aliphatic heterocycles. The van der Waals surface area contributed by atoms with Crippen molar-refractivity contribution < 1.29 is 23.8 Å². The van der Waals surface area contributed by atoms with E-state index in [0.717, 1.165) is 14.7 Å². The van der Waals surface area contributed by atoms with Crippen LogP contribution >= 0.6 is 22.6 Å². The molecule has 0 aliphatic carbocycles. The average molecular weight is 442 g/mol. The summed E-state index contributed by atoms with van der Waals surface area (Å²) >= 11 is 2.17. The molecule has 0 heterocycles. The maximum Gasteiger partial charge on any atom is 0.341 e. The number of benzene rings is 2. The van der Waals surface area contributed by atoms with E-state index >= 15 is 0 Å². The number of carboxylic acid groups (broad SMARTS) is 1. The summed E-state index contributed by atoms with van der Waals surface area (Å²) in [4.78, 5) is 10.5. The summed E-state index contributed by atoms with van der Waals surface area (Å²) in [5.74, 6) is -0.106. The van der Waals surface area contributed by atoms with Crippen molar-refractivity contribution in [3.8, 4) is 11.5 Å². The van der Waals surface area contributed by atoms with E-state index in [4.69, 9.17) is 14.6 Å². The predicted molar refractivity (Wildman–Crippen MR) is 98.2 cm³/mol. The summed E-state index contributed by atoms with van der Waals surface area (Å²) in [5.41, 5.74) is 1.72. The minimum Gasteiger partial charge on any atom is -0.489 e. The van der Waals surface area contributed by atoms with Crippen molar-refractivity contribution >= 4 is 32.1 Å².